The number of aromatic nitrogens is 5. The fourth-order valence-electron chi connectivity index (χ4n) is 1.50. The lowest BCUT2D eigenvalue weighted by molar-refractivity contribution is 0.101. The van der Waals surface area contributed by atoms with Gasteiger partial charge in [-0.1, -0.05) is 6.92 Å². The average molecular weight is 234 g/mol. The average Bonchev–Trinajstić information content (AvgIpc) is 2.96. The summed E-state index contributed by atoms with van der Waals surface area (Å²) in [4.78, 5) is 15.8. The van der Waals surface area contributed by atoms with Crippen LogP contribution in [0.15, 0.2) is 12.4 Å². The molecule has 90 valence electrons. The number of nitrogens with one attached hydrogen (secondary N) is 2. The second-order valence-electron chi connectivity index (χ2n) is 3.48. The summed E-state index contributed by atoms with van der Waals surface area (Å²) in [5.74, 6) is 0.0905. The highest BCUT2D eigenvalue weighted by molar-refractivity contribution is 6.02. The van der Waals surface area contributed by atoms with Crippen LogP contribution in [-0.2, 0) is 13.0 Å². The topological polar surface area (TPSA) is 88.5 Å². The Hall–Kier alpha value is -2.18. The number of hydrogen-bond acceptors (Lipinski definition) is 4. The Morgan fingerprint density at radius 2 is 2.35 bits per heavy atom. The summed E-state index contributed by atoms with van der Waals surface area (Å²) in [6.45, 7) is 4.59. The van der Waals surface area contributed by atoms with E-state index < -0.39 is 0 Å². The van der Waals surface area contributed by atoms with Crippen molar-refractivity contribution in [2.75, 3.05) is 5.32 Å². The van der Waals surface area contributed by atoms with E-state index >= 15 is 0 Å². The Morgan fingerprint density at radius 1 is 1.53 bits per heavy atom. The van der Waals surface area contributed by atoms with E-state index in [1.165, 1.54) is 6.33 Å². The van der Waals surface area contributed by atoms with E-state index in [1.807, 2.05) is 13.8 Å². The van der Waals surface area contributed by atoms with Gasteiger partial charge in [0.05, 0.1) is 5.69 Å². The van der Waals surface area contributed by atoms with Crippen LogP contribution in [0, 0.1) is 0 Å². The molecule has 0 atom stereocenters. The number of rotatable bonds is 4. The van der Waals surface area contributed by atoms with Gasteiger partial charge in [-0.15, -0.1) is 0 Å². The molecule has 0 aliphatic rings. The lowest BCUT2D eigenvalue weighted by Crippen LogP contribution is -2.18. The molecule has 0 bridgehead atoms. The zero-order chi connectivity index (χ0) is 12.3. The number of amides is 1. The molecule has 0 aliphatic carbocycles. The molecule has 2 heterocycles. The van der Waals surface area contributed by atoms with Crippen LogP contribution in [0.1, 0.15) is 30.0 Å². The van der Waals surface area contributed by atoms with Crippen molar-refractivity contribution in [1.82, 2.24) is 25.0 Å². The monoisotopic (exact) mass is 234 g/mol. The third-order valence-corrected chi connectivity index (χ3v) is 2.37. The van der Waals surface area contributed by atoms with Crippen LogP contribution in [0.5, 0.6) is 0 Å². The quantitative estimate of drug-likeness (QED) is 0.820. The second-order valence-corrected chi connectivity index (χ2v) is 3.48. The van der Waals surface area contributed by atoms with Gasteiger partial charge in [-0.25, -0.2) is 5.10 Å². The number of aryl methyl sites for hydroxylation is 2. The van der Waals surface area contributed by atoms with E-state index in [1.54, 1.807) is 10.7 Å². The molecule has 2 aromatic heterocycles. The number of hydrogen-bond donors (Lipinski definition) is 2. The summed E-state index contributed by atoms with van der Waals surface area (Å²) in [5, 5.41) is 13.2. The standard InChI is InChI=1S/C10H14N6O/c1-3-7-5-8(16(4-2)15-7)9(17)13-10-11-6-12-14-10/h5-6H,3-4H2,1-2H3,(H2,11,12,13,14,17). The van der Waals surface area contributed by atoms with Gasteiger partial charge in [0.2, 0.25) is 5.95 Å². The molecule has 7 nitrogen and oxygen atoms in total. The van der Waals surface area contributed by atoms with Crippen molar-refractivity contribution >= 4 is 11.9 Å². The molecule has 0 unspecified atom stereocenters. The van der Waals surface area contributed by atoms with Crippen molar-refractivity contribution in [2.45, 2.75) is 26.8 Å². The van der Waals surface area contributed by atoms with Crippen LogP contribution in [0.25, 0.3) is 0 Å². The highest BCUT2D eigenvalue weighted by Crippen LogP contribution is 2.07. The number of aromatic amines is 1. The van der Waals surface area contributed by atoms with Crippen molar-refractivity contribution in [3.8, 4) is 0 Å². The molecule has 1 amide bonds. The molecule has 7 heteroatoms. The number of carbonyl (C=O) groups excluding carboxylic acids is 1. The largest absolute Gasteiger partial charge is 0.289 e. The van der Waals surface area contributed by atoms with Gasteiger partial charge >= 0.3 is 0 Å². The predicted molar refractivity (Wildman–Crippen MR) is 61.6 cm³/mol. The summed E-state index contributed by atoms with van der Waals surface area (Å²) < 4.78 is 1.67. The molecule has 0 spiro atoms. The second kappa shape index (κ2) is 4.77. The van der Waals surface area contributed by atoms with Crippen molar-refractivity contribution in [3.63, 3.8) is 0 Å². The van der Waals surface area contributed by atoms with Gasteiger partial charge in [0.1, 0.15) is 12.0 Å². The Balaban J connectivity index is 2.21. The molecule has 17 heavy (non-hydrogen) atoms. The van der Waals surface area contributed by atoms with Crippen LogP contribution in [-0.4, -0.2) is 30.9 Å². The van der Waals surface area contributed by atoms with Gasteiger partial charge in [0.25, 0.3) is 5.91 Å². The molecular formula is C10H14N6O. The lowest BCUT2D eigenvalue weighted by Gasteiger charge is -2.03. The maximum Gasteiger partial charge on any atom is 0.276 e. The van der Waals surface area contributed by atoms with Gasteiger partial charge in [0.15, 0.2) is 0 Å². The van der Waals surface area contributed by atoms with Crippen molar-refractivity contribution < 1.29 is 4.79 Å². The Bertz CT molecular complexity index is 501. The number of H-pyrrole nitrogens is 1. The van der Waals surface area contributed by atoms with Crippen molar-refractivity contribution in [1.29, 1.82) is 0 Å². The zero-order valence-electron chi connectivity index (χ0n) is 9.77. The van der Waals surface area contributed by atoms with E-state index in [9.17, 15) is 4.79 Å². The normalized spacial score (nSPS) is 10.5. The highest BCUT2D eigenvalue weighted by Gasteiger charge is 2.14. The molecule has 2 rings (SSSR count). The molecule has 0 aromatic carbocycles. The van der Waals surface area contributed by atoms with Gasteiger partial charge in [0, 0.05) is 6.54 Å². The first kappa shape index (κ1) is 11.3. The first-order valence-corrected chi connectivity index (χ1v) is 5.48. The van der Waals surface area contributed by atoms with E-state index in [2.05, 4.69) is 25.6 Å². The minimum absolute atomic E-state index is 0.240. The molecule has 0 saturated carbocycles. The van der Waals surface area contributed by atoms with Crippen LogP contribution in [0.3, 0.4) is 0 Å². The van der Waals surface area contributed by atoms with E-state index in [4.69, 9.17) is 0 Å². The van der Waals surface area contributed by atoms with Gasteiger partial charge < -0.3 is 0 Å². The Labute approximate surface area is 98.2 Å². The van der Waals surface area contributed by atoms with Crippen LogP contribution in [0.4, 0.5) is 5.95 Å². The molecular weight excluding hydrogens is 220 g/mol. The van der Waals surface area contributed by atoms with Crippen LogP contribution >= 0.6 is 0 Å². The van der Waals surface area contributed by atoms with Gasteiger partial charge in [-0.3, -0.25) is 14.8 Å². The Morgan fingerprint density at radius 3 is 2.94 bits per heavy atom. The van der Waals surface area contributed by atoms with Crippen molar-refractivity contribution in [3.05, 3.63) is 23.8 Å². The minimum atomic E-state index is -0.240. The maximum absolute atomic E-state index is 12.0. The lowest BCUT2D eigenvalue weighted by atomic mass is 10.3. The van der Waals surface area contributed by atoms with Gasteiger partial charge in [-0.05, 0) is 19.4 Å². The highest BCUT2D eigenvalue weighted by atomic mass is 16.2. The summed E-state index contributed by atoms with van der Waals surface area (Å²) in [7, 11) is 0. The fraction of sp³-hybridized carbons (Fsp3) is 0.400. The summed E-state index contributed by atoms with van der Waals surface area (Å²) in [6.07, 6.45) is 2.14. The maximum atomic E-state index is 12.0. The first-order chi connectivity index (χ1) is 8.24. The summed E-state index contributed by atoms with van der Waals surface area (Å²) in [5.41, 5.74) is 1.43. The molecule has 2 aromatic rings. The third-order valence-electron chi connectivity index (χ3n) is 2.37. The molecule has 0 radical (unpaired) electrons. The van der Waals surface area contributed by atoms with E-state index in [0.717, 1.165) is 12.1 Å². The van der Waals surface area contributed by atoms with Gasteiger partial charge in [-0.2, -0.15) is 15.2 Å². The summed E-state index contributed by atoms with van der Waals surface area (Å²) >= 11 is 0. The predicted octanol–water partition coefficient (Wildman–Crippen LogP) is 0.836. The van der Waals surface area contributed by atoms with Crippen LogP contribution < -0.4 is 5.32 Å². The Kier molecular flexibility index (Phi) is 3.17. The summed E-state index contributed by atoms with van der Waals surface area (Å²) in [6, 6.07) is 1.79. The zero-order valence-corrected chi connectivity index (χ0v) is 9.77. The van der Waals surface area contributed by atoms with Crippen LogP contribution in [0.2, 0.25) is 0 Å². The van der Waals surface area contributed by atoms with E-state index in [0.29, 0.717) is 18.2 Å². The number of nitrogens with zero attached hydrogens (tertiary/aromatic N) is 4. The molecule has 0 aliphatic heterocycles. The first-order valence-electron chi connectivity index (χ1n) is 5.48. The molecule has 2 N–H and O–H groups in total. The fourth-order valence-corrected chi connectivity index (χ4v) is 1.50. The number of carbonyl (C=O) groups is 1. The third kappa shape index (κ3) is 2.32. The molecule has 0 fully saturated rings. The number of anilines is 1. The van der Waals surface area contributed by atoms with E-state index in [-0.39, 0.29) is 5.91 Å². The van der Waals surface area contributed by atoms with Crippen molar-refractivity contribution in [2.24, 2.45) is 0 Å². The minimum Gasteiger partial charge on any atom is -0.289 e. The smallest absolute Gasteiger partial charge is 0.276 e. The SMILES string of the molecule is CCc1cc(C(=O)Nc2ncn[nH]2)n(CC)n1. The molecule has 0 saturated heterocycles.